The van der Waals surface area contributed by atoms with Crippen molar-refractivity contribution >= 4 is 15.9 Å². The maximum atomic E-state index is 13.3. The van der Waals surface area contributed by atoms with Gasteiger partial charge in [0.25, 0.3) is 0 Å². The minimum absolute atomic E-state index is 0.0857. The highest BCUT2D eigenvalue weighted by atomic mass is 79.9. The molecule has 15 heavy (non-hydrogen) atoms. The van der Waals surface area contributed by atoms with Crippen molar-refractivity contribution in [3.63, 3.8) is 0 Å². The predicted molar refractivity (Wildman–Crippen MR) is 58.0 cm³/mol. The Morgan fingerprint density at radius 2 is 2.33 bits per heavy atom. The molecule has 1 heterocycles. The Labute approximate surface area is 96.2 Å². The van der Waals surface area contributed by atoms with Crippen LogP contribution in [0.15, 0.2) is 22.7 Å². The van der Waals surface area contributed by atoms with Gasteiger partial charge >= 0.3 is 0 Å². The van der Waals surface area contributed by atoms with Crippen molar-refractivity contribution in [3.05, 3.63) is 34.1 Å². The van der Waals surface area contributed by atoms with E-state index in [1.807, 2.05) is 6.07 Å². The highest BCUT2D eigenvalue weighted by Crippen LogP contribution is 2.35. The van der Waals surface area contributed by atoms with Crippen LogP contribution in [0.2, 0.25) is 0 Å². The van der Waals surface area contributed by atoms with Crippen molar-refractivity contribution in [2.45, 2.75) is 12.5 Å². The molecule has 0 aromatic heterocycles. The van der Waals surface area contributed by atoms with Crippen LogP contribution in [0.25, 0.3) is 0 Å². The SMILES string of the molecule is OCC1CCOC1c1ccc(Br)c(F)c1. The Kier molecular flexibility index (Phi) is 3.38. The summed E-state index contributed by atoms with van der Waals surface area (Å²) in [6.07, 6.45) is 0.663. The Hall–Kier alpha value is -0.450. The lowest BCUT2D eigenvalue weighted by Gasteiger charge is -2.16. The first-order valence-corrected chi connectivity index (χ1v) is 5.69. The number of aliphatic hydroxyl groups excluding tert-OH is 1. The Balaban J connectivity index is 2.25. The lowest BCUT2D eigenvalue weighted by molar-refractivity contribution is 0.0718. The van der Waals surface area contributed by atoms with Gasteiger partial charge in [0.15, 0.2) is 0 Å². The molecule has 0 aliphatic carbocycles. The topological polar surface area (TPSA) is 29.5 Å². The zero-order valence-electron chi connectivity index (χ0n) is 8.12. The maximum Gasteiger partial charge on any atom is 0.137 e. The molecule has 1 aliphatic rings. The van der Waals surface area contributed by atoms with Crippen LogP contribution in [0, 0.1) is 11.7 Å². The molecular formula is C11H12BrFO2. The van der Waals surface area contributed by atoms with E-state index in [9.17, 15) is 4.39 Å². The molecule has 0 amide bonds. The second kappa shape index (κ2) is 4.60. The molecule has 2 unspecified atom stereocenters. The normalized spacial score (nSPS) is 25.8. The maximum absolute atomic E-state index is 13.3. The van der Waals surface area contributed by atoms with Gasteiger partial charge in [0, 0.05) is 19.1 Å². The summed E-state index contributed by atoms with van der Waals surface area (Å²) in [5.41, 5.74) is 0.798. The van der Waals surface area contributed by atoms with Crippen LogP contribution in [-0.4, -0.2) is 18.3 Å². The van der Waals surface area contributed by atoms with Gasteiger partial charge in [-0.15, -0.1) is 0 Å². The highest BCUT2D eigenvalue weighted by Gasteiger charge is 2.29. The average Bonchev–Trinajstić information content (AvgIpc) is 2.70. The lowest BCUT2D eigenvalue weighted by atomic mass is 9.96. The van der Waals surface area contributed by atoms with E-state index in [4.69, 9.17) is 9.84 Å². The van der Waals surface area contributed by atoms with Gasteiger partial charge in [-0.1, -0.05) is 6.07 Å². The van der Waals surface area contributed by atoms with Gasteiger partial charge in [-0.2, -0.15) is 0 Å². The van der Waals surface area contributed by atoms with E-state index in [0.29, 0.717) is 11.1 Å². The molecular weight excluding hydrogens is 263 g/mol. The smallest absolute Gasteiger partial charge is 0.137 e. The number of halogens is 2. The van der Waals surface area contributed by atoms with E-state index in [1.165, 1.54) is 6.07 Å². The van der Waals surface area contributed by atoms with Crippen LogP contribution in [-0.2, 0) is 4.74 Å². The number of ether oxygens (including phenoxy) is 1. The van der Waals surface area contributed by atoms with E-state index < -0.39 is 0 Å². The first-order valence-electron chi connectivity index (χ1n) is 4.90. The standard InChI is InChI=1S/C11H12BrFO2/c12-9-2-1-7(5-10(9)13)11-8(6-14)3-4-15-11/h1-2,5,8,11,14H,3-4,6H2. The predicted octanol–water partition coefficient (Wildman–Crippen LogP) is 2.66. The van der Waals surface area contributed by atoms with Gasteiger partial charge in [0.1, 0.15) is 5.82 Å². The fourth-order valence-electron chi connectivity index (χ4n) is 1.88. The zero-order chi connectivity index (χ0) is 10.8. The minimum atomic E-state index is -0.292. The monoisotopic (exact) mass is 274 g/mol. The third-order valence-corrected chi connectivity index (χ3v) is 3.36. The van der Waals surface area contributed by atoms with Crippen LogP contribution < -0.4 is 0 Å². The van der Waals surface area contributed by atoms with E-state index >= 15 is 0 Å². The summed E-state index contributed by atoms with van der Waals surface area (Å²) in [7, 11) is 0. The number of hydrogen-bond acceptors (Lipinski definition) is 2. The van der Waals surface area contributed by atoms with Crippen LogP contribution >= 0.6 is 15.9 Å². The summed E-state index contributed by atoms with van der Waals surface area (Å²) in [6.45, 7) is 0.718. The van der Waals surface area contributed by atoms with Gasteiger partial charge in [-0.05, 0) is 40.0 Å². The molecule has 4 heteroatoms. The van der Waals surface area contributed by atoms with E-state index in [1.54, 1.807) is 6.07 Å². The summed E-state index contributed by atoms with van der Waals surface area (Å²) in [6, 6.07) is 4.95. The van der Waals surface area contributed by atoms with Crippen molar-refractivity contribution in [1.29, 1.82) is 0 Å². The summed E-state index contributed by atoms with van der Waals surface area (Å²) in [4.78, 5) is 0. The minimum Gasteiger partial charge on any atom is -0.396 e. The highest BCUT2D eigenvalue weighted by molar-refractivity contribution is 9.10. The molecule has 1 aliphatic heterocycles. The average molecular weight is 275 g/mol. The fraction of sp³-hybridized carbons (Fsp3) is 0.455. The van der Waals surface area contributed by atoms with Crippen molar-refractivity contribution in [2.24, 2.45) is 5.92 Å². The van der Waals surface area contributed by atoms with E-state index in [2.05, 4.69) is 15.9 Å². The van der Waals surface area contributed by atoms with Crippen molar-refractivity contribution in [2.75, 3.05) is 13.2 Å². The number of benzene rings is 1. The molecule has 2 atom stereocenters. The first-order chi connectivity index (χ1) is 7.22. The summed E-state index contributed by atoms with van der Waals surface area (Å²) >= 11 is 3.10. The van der Waals surface area contributed by atoms with Crippen LogP contribution in [0.1, 0.15) is 18.1 Å². The molecule has 2 rings (SSSR count). The summed E-state index contributed by atoms with van der Waals surface area (Å²) < 4.78 is 19.2. The van der Waals surface area contributed by atoms with Crippen LogP contribution in [0.3, 0.4) is 0 Å². The van der Waals surface area contributed by atoms with Gasteiger partial charge in [-0.3, -0.25) is 0 Å². The zero-order valence-corrected chi connectivity index (χ0v) is 9.71. The van der Waals surface area contributed by atoms with Gasteiger partial charge < -0.3 is 9.84 Å². The third kappa shape index (κ3) is 2.22. The number of rotatable bonds is 2. The number of aliphatic hydroxyl groups is 1. The molecule has 0 spiro atoms. The molecule has 1 N–H and O–H groups in total. The van der Waals surface area contributed by atoms with Crippen LogP contribution in [0.5, 0.6) is 0 Å². The molecule has 82 valence electrons. The molecule has 0 bridgehead atoms. The second-order valence-electron chi connectivity index (χ2n) is 3.70. The van der Waals surface area contributed by atoms with Crippen LogP contribution in [0.4, 0.5) is 4.39 Å². The largest absolute Gasteiger partial charge is 0.396 e. The Morgan fingerprint density at radius 1 is 1.53 bits per heavy atom. The molecule has 1 fully saturated rings. The van der Waals surface area contributed by atoms with Gasteiger partial charge in [0.05, 0.1) is 10.6 Å². The van der Waals surface area contributed by atoms with Gasteiger partial charge in [-0.25, -0.2) is 4.39 Å². The molecule has 1 aromatic carbocycles. The quantitative estimate of drug-likeness (QED) is 0.899. The van der Waals surface area contributed by atoms with E-state index in [0.717, 1.165) is 12.0 Å². The fourth-order valence-corrected chi connectivity index (χ4v) is 2.13. The lowest BCUT2D eigenvalue weighted by Crippen LogP contribution is -2.11. The third-order valence-electron chi connectivity index (χ3n) is 2.72. The second-order valence-corrected chi connectivity index (χ2v) is 4.55. The van der Waals surface area contributed by atoms with Crippen molar-refractivity contribution in [3.8, 4) is 0 Å². The van der Waals surface area contributed by atoms with Gasteiger partial charge in [0.2, 0.25) is 0 Å². The summed E-state index contributed by atoms with van der Waals surface area (Å²) in [5.74, 6) is -0.203. The molecule has 1 saturated heterocycles. The Bertz CT molecular complexity index is 356. The summed E-state index contributed by atoms with van der Waals surface area (Å²) in [5, 5.41) is 9.14. The molecule has 2 nitrogen and oxygen atoms in total. The molecule has 1 aromatic rings. The molecule has 0 radical (unpaired) electrons. The first kappa shape index (κ1) is 11.0. The van der Waals surface area contributed by atoms with Crippen molar-refractivity contribution < 1.29 is 14.2 Å². The number of hydrogen-bond donors (Lipinski definition) is 1. The van der Waals surface area contributed by atoms with Crippen molar-refractivity contribution in [1.82, 2.24) is 0 Å². The Morgan fingerprint density at radius 3 is 3.00 bits per heavy atom. The molecule has 0 saturated carbocycles. The van der Waals surface area contributed by atoms with E-state index in [-0.39, 0.29) is 24.4 Å².